The molecule has 1 fully saturated rings. The second-order valence-corrected chi connectivity index (χ2v) is 4.34. The Balaban J connectivity index is 1.81. The number of aromatic nitrogens is 1. The van der Waals surface area contributed by atoms with Crippen molar-refractivity contribution < 1.29 is 9.53 Å². The minimum Gasteiger partial charge on any atom is -0.476 e. The van der Waals surface area contributed by atoms with Crippen molar-refractivity contribution in [1.82, 2.24) is 9.88 Å². The van der Waals surface area contributed by atoms with Crippen LogP contribution >= 0.6 is 0 Å². The third-order valence-corrected chi connectivity index (χ3v) is 3.00. The van der Waals surface area contributed by atoms with Crippen LogP contribution in [0.5, 0.6) is 5.88 Å². The Labute approximate surface area is 102 Å². The van der Waals surface area contributed by atoms with Crippen LogP contribution in [0.1, 0.15) is 30.1 Å². The molecule has 1 aliphatic rings. The van der Waals surface area contributed by atoms with Gasteiger partial charge in [0, 0.05) is 24.4 Å². The molecule has 1 aromatic heterocycles. The van der Waals surface area contributed by atoms with Gasteiger partial charge in [-0.2, -0.15) is 0 Å². The zero-order chi connectivity index (χ0) is 12.1. The zero-order valence-corrected chi connectivity index (χ0v) is 10.2. The number of pyridine rings is 1. The predicted molar refractivity (Wildman–Crippen MR) is 65.4 cm³/mol. The van der Waals surface area contributed by atoms with Crippen LogP contribution in [0.25, 0.3) is 0 Å². The second-order valence-electron chi connectivity index (χ2n) is 4.34. The smallest absolute Gasteiger partial charge is 0.213 e. The average Bonchev–Trinajstić information content (AvgIpc) is 2.82. The van der Waals surface area contributed by atoms with E-state index in [1.54, 1.807) is 25.3 Å². The largest absolute Gasteiger partial charge is 0.476 e. The summed E-state index contributed by atoms with van der Waals surface area (Å²) in [4.78, 5) is 17.7. The van der Waals surface area contributed by atoms with Crippen LogP contribution in [0, 0.1) is 0 Å². The lowest BCUT2D eigenvalue weighted by molar-refractivity contribution is 0.101. The molecule has 1 saturated heterocycles. The van der Waals surface area contributed by atoms with Crippen molar-refractivity contribution in [3.8, 4) is 5.88 Å². The quantitative estimate of drug-likeness (QED) is 0.728. The normalized spacial score (nSPS) is 16.1. The first kappa shape index (κ1) is 12.0. The van der Waals surface area contributed by atoms with Crippen molar-refractivity contribution in [1.29, 1.82) is 0 Å². The maximum absolute atomic E-state index is 11.2. The highest BCUT2D eigenvalue weighted by molar-refractivity contribution is 5.94. The van der Waals surface area contributed by atoms with E-state index in [0.29, 0.717) is 18.1 Å². The molecular weight excluding hydrogens is 216 g/mol. The molecule has 1 aromatic rings. The summed E-state index contributed by atoms with van der Waals surface area (Å²) >= 11 is 0. The minimum absolute atomic E-state index is 0.0387. The number of Topliss-reactive ketones (excluding diaryl/α,β-unsaturated/α-hetero) is 1. The maximum atomic E-state index is 11.2. The molecule has 0 N–H and O–H groups in total. The number of rotatable bonds is 5. The van der Waals surface area contributed by atoms with Gasteiger partial charge >= 0.3 is 0 Å². The summed E-state index contributed by atoms with van der Waals surface area (Å²) < 4.78 is 5.55. The lowest BCUT2D eigenvalue weighted by atomic mass is 10.2. The third-order valence-electron chi connectivity index (χ3n) is 3.00. The number of ketones is 1. The molecule has 2 rings (SSSR count). The summed E-state index contributed by atoms with van der Waals surface area (Å²) in [5.41, 5.74) is 0.649. The van der Waals surface area contributed by atoms with Gasteiger partial charge in [-0.3, -0.25) is 9.69 Å². The number of hydrogen-bond acceptors (Lipinski definition) is 4. The fourth-order valence-electron chi connectivity index (χ4n) is 1.99. The van der Waals surface area contributed by atoms with Crippen molar-refractivity contribution in [2.24, 2.45) is 0 Å². The van der Waals surface area contributed by atoms with Crippen molar-refractivity contribution in [2.75, 3.05) is 26.2 Å². The maximum Gasteiger partial charge on any atom is 0.213 e. The van der Waals surface area contributed by atoms with E-state index >= 15 is 0 Å². The van der Waals surface area contributed by atoms with Crippen LogP contribution in [-0.4, -0.2) is 41.9 Å². The Morgan fingerprint density at radius 1 is 1.47 bits per heavy atom. The van der Waals surface area contributed by atoms with Crippen LogP contribution < -0.4 is 4.74 Å². The highest BCUT2D eigenvalue weighted by Crippen LogP contribution is 2.11. The van der Waals surface area contributed by atoms with E-state index in [-0.39, 0.29) is 5.78 Å². The average molecular weight is 234 g/mol. The summed E-state index contributed by atoms with van der Waals surface area (Å²) in [6, 6.07) is 3.40. The second kappa shape index (κ2) is 5.77. The van der Waals surface area contributed by atoms with Crippen molar-refractivity contribution in [2.45, 2.75) is 19.8 Å². The van der Waals surface area contributed by atoms with Gasteiger partial charge in [-0.05, 0) is 38.9 Å². The molecule has 2 heterocycles. The van der Waals surface area contributed by atoms with Gasteiger partial charge < -0.3 is 4.74 Å². The number of hydrogen-bond donors (Lipinski definition) is 0. The molecule has 0 amide bonds. The van der Waals surface area contributed by atoms with E-state index in [9.17, 15) is 4.79 Å². The molecular formula is C13H18N2O2. The molecule has 0 atom stereocenters. The molecule has 0 radical (unpaired) electrons. The van der Waals surface area contributed by atoms with Crippen molar-refractivity contribution in [3.05, 3.63) is 23.9 Å². The fourth-order valence-corrected chi connectivity index (χ4v) is 1.99. The van der Waals surface area contributed by atoms with Crippen LogP contribution in [0.15, 0.2) is 18.3 Å². The van der Waals surface area contributed by atoms with Crippen LogP contribution in [0.3, 0.4) is 0 Å². The Kier molecular flexibility index (Phi) is 4.09. The number of ether oxygens (including phenoxy) is 1. The van der Waals surface area contributed by atoms with Crippen LogP contribution in [0.2, 0.25) is 0 Å². The number of nitrogens with zero attached hydrogens (tertiary/aromatic N) is 2. The molecule has 0 unspecified atom stereocenters. The third kappa shape index (κ3) is 3.53. The SMILES string of the molecule is CC(=O)c1ccnc(OCCN2CCCC2)c1. The lowest BCUT2D eigenvalue weighted by Crippen LogP contribution is -2.25. The predicted octanol–water partition coefficient (Wildman–Crippen LogP) is 1.76. The van der Waals surface area contributed by atoms with Gasteiger partial charge in [0.2, 0.25) is 5.88 Å². The first-order chi connectivity index (χ1) is 8.25. The lowest BCUT2D eigenvalue weighted by Gasteiger charge is -2.14. The molecule has 0 saturated carbocycles. The Hall–Kier alpha value is -1.42. The van der Waals surface area contributed by atoms with Crippen molar-refractivity contribution in [3.63, 3.8) is 0 Å². The van der Waals surface area contributed by atoms with Crippen LogP contribution in [-0.2, 0) is 0 Å². The standard InChI is InChI=1S/C13H18N2O2/c1-11(16)12-4-5-14-13(10-12)17-9-8-15-6-2-3-7-15/h4-5,10H,2-3,6-9H2,1H3. The van der Waals surface area contributed by atoms with Gasteiger partial charge in [0.15, 0.2) is 5.78 Å². The van der Waals surface area contributed by atoms with E-state index in [1.165, 1.54) is 25.9 Å². The summed E-state index contributed by atoms with van der Waals surface area (Å²) in [5, 5.41) is 0. The molecule has 0 spiro atoms. The first-order valence-corrected chi connectivity index (χ1v) is 6.08. The fraction of sp³-hybridized carbons (Fsp3) is 0.538. The molecule has 1 aliphatic heterocycles. The Morgan fingerprint density at radius 2 is 2.24 bits per heavy atom. The molecule has 4 heteroatoms. The molecule has 4 nitrogen and oxygen atoms in total. The van der Waals surface area contributed by atoms with Gasteiger partial charge in [0.05, 0.1) is 0 Å². The van der Waals surface area contributed by atoms with Gasteiger partial charge in [0.25, 0.3) is 0 Å². The Bertz CT molecular complexity index is 387. The molecule has 92 valence electrons. The van der Waals surface area contributed by atoms with E-state index in [2.05, 4.69) is 9.88 Å². The highest BCUT2D eigenvalue weighted by Gasteiger charge is 2.11. The van der Waals surface area contributed by atoms with E-state index in [4.69, 9.17) is 4.74 Å². The van der Waals surface area contributed by atoms with Gasteiger partial charge in [-0.1, -0.05) is 0 Å². The summed E-state index contributed by atoms with van der Waals surface area (Å²) in [5.74, 6) is 0.577. The van der Waals surface area contributed by atoms with Gasteiger partial charge in [-0.25, -0.2) is 4.98 Å². The van der Waals surface area contributed by atoms with Gasteiger partial charge in [0.1, 0.15) is 6.61 Å². The van der Waals surface area contributed by atoms with E-state index in [1.807, 2.05) is 0 Å². The van der Waals surface area contributed by atoms with Crippen LogP contribution in [0.4, 0.5) is 0 Å². The molecule has 0 aliphatic carbocycles. The van der Waals surface area contributed by atoms with E-state index in [0.717, 1.165) is 6.54 Å². The zero-order valence-electron chi connectivity index (χ0n) is 10.2. The van der Waals surface area contributed by atoms with E-state index < -0.39 is 0 Å². The number of carbonyl (C=O) groups excluding carboxylic acids is 1. The molecule has 0 aromatic carbocycles. The number of likely N-dealkylation sites (tertiary alicyclic amines) is 1. The van der Waals surface area contributed by atoms with Gasteiger partial charge in [-0.15, -0.1) is 0 Å². The summed E-state index contributed by atoms with van der Waals surface area (Å²) in [7, 11) is 0. The topological polar surface area (TPSA) is 42.4 Å². The minimum atomic E-state index is 0.0387. The summed E-state index contributed by atoms with van der Waals surface area (Å²) in [6.45, 7) is 5.46. The molecule has 0 bridgehead atoms. The highest BCUT2D eigenvalue weighted by atomic mass is 16.5. The monoisotopic (exact) mass is 234 g/mol. The first-order valence-electron chi connectivity index (χ1n) is 6.08. The summed E-state index contributed by atoms with van der Waals surface area (Å²) in [6.07, 6.45) is 4.19. The molecule has 17 heavy (non-hydrogen) atoms. The number of carbonyl (C=O) groups is 1. The Morgan fingerprint density at radius 3 is 2.94 bits per heavy atom. The van der Waals surface area contributed by atoms with Crippen molar-refractivity contribution >= 4 is 5.78 Å².